The fourth-order valence-electron chi connectivity index (χ4n) is 2.89. The molecule has 0 bridgehead atoms. The number of piperazine rings is 1. The Morgan fingerprint density at radius 1 is 1.23 bits per heavy atom. The number of carbonyl (C=O) groups excluding carboxylic acids is 2. The van der Waals surface area contributed by atoms with E-state index in [4.69, 9.17) is 4.74 Å². The van der Waals surface area contributed by atoms with Crippen LogP contribution in [0, 0.1) is 5.82 Å². The van der Waals surface area contributed by atoms with Gasteiger partial charge in [-0.25, -0.2) is 14.6 Å². The molecule has 2 N–H and O–H groups in total. The van der Waals surface area contributed by atoms with Crippen molar-refractivity contribution in [3.63, 3.8) is 0 Å². The second-order valence-corrected chi connectivity index (χ2v) is 7.18. The van der Waals surface area contributed by atoms with Crippen molar-refractivity contribution < 1.29 is 18.7 Å². The number of benzene rings is 1. The third-order valence-electron chi connectivity index (χ3n) is 4.33. The molecule has 0 saturated carbocycles. The molecule has 26 heavy (non-hydrogen) atoms. The van der Waals surface area contributed by atoms with Crippen LogP contribution in [0.4, 0.5) is 9.18 Å². The molecule has 1 aromatic heterocycles. The van der Waals surface area contributed by atoms with Gasteiger partial charge in [0.15, 0.2) is 0 Å². The first kappa shape index (κ1) is 18.6. The van der Waals surface area contributed by atoms with Gasteiger partial charge in [-0.1, -0.05) is 6.07 Å². The highest BCUT2D eigenvalue weighted by Crippen LogP contribution is 2.33. The molecule has 2 heterocycles. The molecule has 7 nitrogen and oxygen atoms in total. The number of hydrazine groups is 1. The molecule has 1 saturated heterocycles. The van der Waals surface area contributed by atoms with Gasteiger partial charge in [0.2, 0.25) is 0 Å². The van der Waals surface area contributed by atoms with Crippen molar-refractivity contribution in [2.24, 2.45) is 0 Å². The molecular weight excluding hydrogens is 359 g/mol. The number of ether oxygens (including phenoxy) is 1. The minimum atomic E-state index is -0.486. The van der Waals surface area contributed by atoms with Crippen LogP contribution in [-0.2, 0) is 11.3 Å². The molecule has 3 amide bonds. The topological polar surface area (TPSA) is 73.9 Å². The van der Waals surface area contributed by atoms with Gasteiger partial charge in [0.1, 0.15) is 10.7 Å². The average molecular weight is 380 g/mol. The maximum atomic E-state index is 14.2. The number of likely N-dealkylation sites (N-methyl/N-ethyl adjacent to an activating group) is 1. The lowest BCUT2D eigenvalue weighted by Gasteiger charge is -2.32. The van der Waals surface area contributed by atoms with Crippen LogP contribution >= 0.6 is 11.3 Å². The lowest BCUT2D eigenvalue weighted by atomic mass is 10.1. The minimum absolute atomic E-state index is 0.107. The molecule has 140 valence electrons. The summed E-state index contributed by atoms with van der Waals surface area (Å²) in [6, 6.07) is 4.35. The largest absolute Gasteiger partial charge is 0.380 e. The number of hydrogen-bond acceptors (Lipinski definition) is 5. The number of carbonyl (C=O) groups is 2. The summed E-state index contributed by atoms with van der Waals surface area (Å²) in [4.78, 5) is 28.8. The number of urea groups is 1. The zero-order chi connectivity index (χ0) is 18.7. The highest BCUT2D eigenvalue weighted by Gasteiger charge is 2.23. The lowest BCUT2D eigenvalue weighted by molar-refractivity contribution is 0.0923. The van der Waals surface area contributed by atoms with Crippen molar-refractivity contribution in [2.75, 3.05) is 40.3 Å². The van der Waals surface area contributed by atoms with Gasteiger partial charge in [0.05, 0.1) is 6.61 Å². The minimum Gasteiger partial charge on any atom is -0.380 e. The number of nitrogens with zero attached hydrogens (tertiary/aromatic N) is 2. The maximum Gasteiger partial charge on any atom is 0.336 e. The summed E-state index contributed by atoms with van der Waals surface area (Å²) < 4.78 is 20.0. The molecule has 3 rings (SSSR count). The summed E-state index contributed by atoms with van der Waals surface area (Å²) in [7, 11) is 3.48. The second-order valence-electron chi connectivity index (χ2n) is 6.13. The average Bonchev–Trinajstić information content (AvgIpc) is 3.00. The molecule has 0 unspecified atom stereocenters. The van der Waals surface area contributed by atoms with Gasteiger partial charge in [-0.2, -0.15) is 0 Å². The van der Waals surface area contributed by atoms with Crippen LogP contribution in [0.2, 0.25) is 0 Å². The summed E-state index contributed by atoms with van der Waals surface area (Å²) in [6.07, 6.45) is 0. The number of nitrogens with one attached hydrogen (secondary N) is 2. The summed E-state index contributed by atoms with van der Waals surface area (Å²) in [5.41, 5.74) is 5.34. The van der Waals surface area contributed by atoms with E-state index in [1.54, 1.807) is 17.0 Å². The van der Waals surface area contributed by atoms with Gasteiger partial charge < -0.3 is 14.5 Å². The molecule has 1 aliphatic heterocycles. The zero-order valence-corrected chi connectivity index (χ0v) is 15.5. The molecule has 0 spiro atoms. The Kier molecular flexibility index (Phi) is 5.70. The maximum absolute atomic E-state index is 14.2. The number of fused-ring (bicyclic) bond motifs is 1. The van der Waals surface area contributed by atoms with E-state index in [-0.39, 0.29) is 12.6 Å². The fourth-order valence-corrected chi connectivity index (χ4v) is 4.01. The third kappa shape index (κ3) is 3.79. The summed E-state index contributed by atoms with van der Waals surface area (Å²) in [6.45, 7) is 2.88. The third-order valence-corrected chi connectivity index (χ3v) is 5.53. The van der Waals surface area contributed by atoms with Crippen LogP contribution in [0.5, 0.6) is 0 Å². The van der Waals surface area contributed by atoms with E-state index in [1.807, 2.05) is 7.05 Å². The van der Waals surface area contributed by atoms with Crippen LogP contribution in [0.25, 0.3) is 10.1 Å². The van der Waals surface area contributed by atoms with Crippen LogP contribution in [0.3, 0.4) is 0 Å². The van der Waals surface area contributed by atoms with Crippen molar-refractivity contribution in [2.45, 2.75) is 6.61 Å². The van der Waals surface area contributed by atoms with Crippen LogP contribution in [0.15, 0.2) is 18.2 Å². The molecule has 1 fully saturated rings. The molecule has 2 aromatic rings. The predicted molar refractivity (Wildman–Crippen MR) is 97.6 cm³/mol. The Morgan fingerprint density at radius 2 is 1.96 bits per heavy atom. The van der Waals surface area contributed by atoms with Crippen LogP contribution in [0.1, 0.15) is 15.2 Å². The summed E-state index contributed by atoms with van der Waals surface area (Å²) >= 11 is 1.17. The van der Waals surface area contributed by atoms with Crippen molar-refractivity contribution in [1.29, 1.82) is 0 Å². The Balaban J connectivity index is 1.72. The number of amides is 3. The number of thiophene rings is 1. The molecule has 0 radical (unpaired) electrons. The summed E-state index contributed by atoms with van der Waals surface area (Å²) in [5.74, 6) is -0.883. The van der Waals surface area contributed by atoms with Crippen molar-refractivity contribution in [1.82, 2.24) is 20.7 Å². The molecular formula is C17H21FN4O3S. The monoisotopic (exact) mass is 380 g/mol. The zero-order valence-electron chi connectivity index (χ0n) is 14.7. The van der Waals surface area contributed by atoms with Crippen molar-refractivity contribution in [3.05, 3.63) is 34.5 Å². The Bertz CT molecular complexity index is 818. The standard InChI is InChI=1S/C17H21FN4O3S/c1-21-6-8-22(9-7-21)17(24)20-19-16(23)15-11(10-25-2)14-12(18)4-3-5-13(14)26-15/h3-5H,6-10H2,1-2H3,(H,19,23)(H,20,24). The van der Waals surface area contributed by atoms with E-state index >= 15 is 0 Å². The second kappa shape index (κ2) is 7.98. The molecule has 9 heteroatoms. The molecule has 0 atom stereocenters. The van der Waals surface area contributed by atoms with Crippen molar-refractivity contribution in [3.8, 4) is 0 Å². The number of rotatable bonds is 3. The Morgan fingerprint density at radius 3 is 2.65 bits per heavy atom. The fraction of sp³-hybridized carbons (Fsp3) is 0.412. The van der Waals surface area contributed by atoms with E-state index in [1.165, 1.54) is 24.5 Å². The molecule has 1 aliphatic rings. The Hall–Kier alpha value is -2.23. The predicted octanol–water partition coefficient (Wildman–Crippen LogP) is 1.79. The quantitative estimate of drug-likeness (QED) is 0.797. The number of hydrogen-bond donors (Lipinski definition) is 2. The van der Waals surface area contributed by atoms with Gasteiger partial charge in [-0.05, 0) is 19.2 Å². The van der Waals surface area contributed by atoms with Gasteiger partial charge >= 0.3 is 6.03 Å². The van der Waals surface area contributed by atoms with E-state index in [0.29, 0.717) is 33.6 Å². The molecule has 1 aromatic carbocycles. The van der Waals surface area contributed by atoms with E-state index in [9.17, 15) is 14.0 Å². The van der Waals surface area contributed by atoms with Gasteiger partial charge in [-0.15, -0.1) is 11.3 Å². The first-order chi connectivity index (χ1) is 12.5. The molecule has 0 aliphatic carbocycles. The lowest BCUT2D eigenvalue weighted by Crippen LogP contribution is -2.54. The van der Waals surface area contributed by atoms with Crippen LogP contribution < -0.4 is 10.9 Å². The van der Waals surface area contributed by atoms with E-state index in [0.717, 1.165) is 13.1 Å². The normalized spacial score (nSPS) is 15.3. The van der Waals surface area contributed by atoms with E-state index in [2.05, 4.69) is 15.8 Å². The first-order valence-electron chi connectivity index (χ1n) is 8.24. The van der Waals surface area contributed by atoms with Gasteiger partial charge in [0, 0.05) is 48.9 Å². The van der Waals surface area contributed by atoms with Crippen LogP contribution in [-0.4, -0.2) is 62.1 Å². The summed E-state index contributed by atoms with van der Waals surface area (Å²) in [5, 5.41) is 0.384. The highest BCUT2D eigenvalue weighted by atomic mass is 32.1. The number of halogens is 1. The smallest absolute Gasteiger partial charge is 0.336 e. The number of methoxy groups -OCH3 is 1. The van der Waals surface area contributed by atoms with Gasteiger partial charge in [0.25, 0.3) is 5.91 Å². The SMILES string of the molecule is COCc1c(C(=O)NNC(=O)N2CCN(C)CC2)sc2cccc(F)c12. The van der Waals surface area contributed by atoms with E-state index < -0.39 is 11.7 Å². The highest BCUT2D eigenvalue weighted by molar-refractivity contribution is 7.21. The Labute approximate surface area is 154 Å². The van der Waals surface area contributed by atoms with Gasteiger partial charge in [-0.3, -0.25) is 10.2 Å². The van der Waals surface area contributed by atoms with Crippen molar-refractivity contribution >= 4 is 33.4 Å². The first-order valence-corrected chi connectivity index (χ1v) is 9.05.